The lowest BCUT2D eigenvalue weighted by Gasteiger charge is -2.22. The van der Waals surface area contributed by atoms with Crippen molar-refractivity contribution in [2.45, 2.75) is 0 Å². The Morgan fingerprint density at radius 3 is 1.05 bits per heavy atom. The van der Waals surface area contributed by atoms with Crippen molar-refractivity contribution < 1.29 is 0 Å². The molecule has 0 aliphatic carbocycles. The van der Waals surface area contributed by atoms with Gasteiger partial charge in [-0.3, -0.25) is 0 Å². The third kappa shape index (κ3) is 3.56. The predicted molar refractivity (Wildman–Crippen MR) is 177 cm³/mol. The third-order valence-corrected chi connectivity index (χ3v) is 8.44. The van der Waals surface area contributed by atoms with Crippen LogP contribution in [0.25, 0.3) is 76.5 Å². The van der Waals surface area contributed by atoms with E-state index in [-0.39, 0.29) is 0 Å². The molecule has 0 aliphatic rings. The second-order valence-electron chi connectivity index (χ2n) is 10.6. The molecule has 0 radical (unpaired) electrons. The molecule has 0 spiro atoms. The Kier molecular flexibility index (Phi) is 5.36. The lowest BCUT2D eigenvalue weighted by atomic mass is 9.81. The van der Waals surface area contributed by atoms with E-state index in [1.807, 2.05) is 0 Å². The number of rotatable bonds is 3. The van der Waals surface area contributed by atoms with Crippen molar-refractivity contribution >= 4 is 48.8 Å². The van der Waals surface area contributed by atoms with Gasteiger partial charge in [0.05, 0.1) is 0 Å². The van der Waals surface area contributed by atoms with E-state index in [2.05, 4.69) is 152 Å². The SMILES string of the molecule is Nc1c2ccccc2c(-c2c3ccccc3c(-c3ccccc3-c3ccccc3)c3ccccc23)c2ccccc12. The fraction of sp³-hybridized carbons (Fsp3) is 0. The van der Waals surface area contributed by atoms with Gasteiger partial charge < -0.3 is 5.73 Å². The molecule has 1 heteroatoms. The largest absolute Gasteiger partial charge is 0.398 e. The summed E-state index contributed by atoms with van der Waals surface area (Å²) in [5.74, 6) is 0. The monoisotopic (exact) mass is 521 g/mol. The quantitative estimate of drug-likeness (QED) is 0.182. The van der Waals surface area contributed by atoms with Gasteiger partial charge in [-0.25, -0.2) is 0 Å². The smallest absolute Gasteiger partial charge is 0.0473 e. The first-order chi connectivity index (χ1) is 20.3. The van der Waals surface area contributed by atoms with E-state index in [4.69, 9.17) is 5.73 Å². The Labute approximate surface area is 239 Å². The van der Waals surface area contributed by atoms with E-state index < -0.39 is 0 Å². The van der Waals surface area contributed by atoms with E-state index >= 15 is 0 Å². The summed E-state index contributed by atoms with van der Waals surface area (Å²) >= 11 is 0. The summed E-state index contributed by atoms with van der Waals surface area (Å²) in [5.41, 5.74) is 15.1. The molecule has 192 valence electrons. The summed E-state index contributed by atoms with van der Waals surface area (Å²) in [4.78, 5) is 0. The summed E-state index contributed by atoms with van der Waals surface area (Å²) < 4.78 is 0. The van der Waals surface area contributed by atoms with Gasteiger partial charge in [0.1, 0.15) is 0 Å². The summed E-state index contributed by atoms with van der Waals surface area (Å²) in [6, 6.07) is 54.4. The molecule has 0 amide bonds. The average Bonchev–Trinajstić information content (AvgIpc) is 3.05. The third-order valence-electron chi connectivity index (χ3n) is 8.44. The van der Waals surface area contributed by atoms with Gasteiger partial charge in [0.15, 0.2) is 0 Å². The highest BCUT2D eigenvalue weighted by atomic mass is 14.6. The maximum Gasteiger partial charge on any atom is 0.0473 e. The minimum atomic E-state index is 0.835. The van der Waals surface area contributed by atoms with Crippen LogP contribution in [0.4, 0.5) is 5.69 Å². The molecule has 1 nitrogen and oxygen atoms in total. The van der Waals surface area contributed by atoms with Crippen LogP contribution in [-0.2, 0) is 0 Å². The minimum Gasteiger partial charge on any atom is -0.398 e. The van der Waals surface area contributed by atoms with Gasteiger partial charge in [0.2, 0.25) is 0 Å². The van der Waals surface area contributed by atoms with E-state index in [1.165, 1.54) is 65.7 Å². The molecule has 0 fully saturated rings. The van der Waals surface area contributed by atoms with Gasteiger partial charge in [-0.2, -0.15) is 0 Å². The fourth-order valence-electron chi connectivity index (χ4n) is 6.69. The van der Waals surface area contributed by atoms with E-state index in [0.717, 1.165) is 16.5 Å². The van der Waals surface area contributed by atoms with E-state index in [1.54, 1.807) is 0 Å². The van der Waals surface area contributed by atoms with Crippen LogP contribution in [0.2, 0.25) is 0 Å². The summed E-state index contributed by atoms with van der Waals surface area (Å²) in [5, 5.41) is 9.51. The number of nitrogen functional groups attached to an aromatic ring is 1. The molecule has 8 aromatic carbocycles. The van der Waals surface area contributed by atoms with Gasteiger partial charge in [0.25, 0.3) is 0 Å². The van der Waals surface area contributed by atoms with Gasteiger partial charge in [0, 0.05) is 16.5 Å². The Hall–Kier alpha value is -5.40. The lowest BCUT2D eigenvalue weighted by Crippen LogP contribution is -1.96. The first-order valence-corrected chi connectivity index (χ1v) is 14.1. The molecule has 8 rings (SSSR count). The molecule has 8 aromatic rings. The molecule has 0 bridgehead atoms. The number of hydrogen-bond acceptors (Lipinski definition) is 1. The maximum absolute atomic E-state index is 6.80. The van der Waals surface area contributed by atoms with E-state index in [9.17, 15) is 0 Å². The molecule has 41 heavy (non-hydrogen) atoms. The number of fused-ring (bicyclic) bond motifs is 4. The van der Waals surface area contributed by atoms with Crippen LogP contribution in [0.3, 0.4) is 0 Å². The van der Waals surface area contributed by atoms with Crippen molar-refractivity contribution in [2.75, 3.05) is 5.73 Å². The zero-order valence-corrected chi connectivity index (χ0v) is 22.5. The van der Waals surface area contributed by atoms with E-state index in [0.29, 0.717) is 0 Å². The maximum atomic E-state index is 6.80. The Morgan fingerprint density at radius 1 is 0.268 bits per heavy atom. The van der Waals surface area contributed by atoms with Crippen molar-refractivity contribution in [2.24, 2.45) is 0 Å². The molecule has 0 saturated carbocycles. The van der Waals surface area contributed by atoms with Crippen molar-refractivity contribution in [1.29, 1.82) is 0 Å². The van der Waals surface area contributed by atoms with Crippen LogP contribution in [-0.4, -0.2) is 0 Å². The van der Waals surface area contributed by atoms with Crippen molar-refractivity contribution in [1.82, 2.24) is 0 Å². The molecule has 0 aliphatic heterocycles. The zero-order valence-electron chi connectivity index (χ0n) is 22.5. The van der Waals surface area contributed by atoms with Crippen molar-refractivity contribution in [3.8, 4) is 33.4 Å². The molecule has 0 aromatic heterocycles. The highest BCUT2D eigenvalue weighted by Crippen LogP contribution is 2.49. The minimum absolute atomic E-state index is 0.835. The van der Waals surface area contributed by atoms with Gasteiger partial charge in [-0.1, -0.05) is 152 Å². The Morgan fingerprint density at radius 2 is 0.585 bits per heavy atom. The molecule has 0 unspecified atom stereocenters. The first kappa shape index (κ1) is 23.5. The van der Waals surface area contributed by atoms with Crippen LogP contribution < -0.4 is 5.73 Å². The second kappa shape index (κ2) is 9.36. The molecule has 0 saturated heterocycles. The number of anilines is 1. The number of hydrogen-bond donors (Lipinski definition) is 1. The van der Waals surface area contributed by atoms with Crippen LogP contribution in [0, 0.1) is 0 Å². The molecule has 0 heterocycles. The highest BCUT2D eigenvalue weighted by molar-refractivity contribution is 6.29. The van der Waals surface area contributed by atoms with Gasteiger partial charge in [-0.15, -0.1) is 0 Å². The first-order valence-electron chi connectivity index (χ1n) is 14.1. The summed E-state index contributed by atoms with van der Waals surface area (Å²) in [7, 11) is 0. The second-order valence-corrected chi connectivity index (χ2v) is 10.6. The highest BCUT2D eigenvalue weighted by Gasteiger charge is 2.22. The molecular weight excluding hydrogens is 494 g/mol. The molecular formula is C40H27N. The van der Waals surface area contributed by atoms with Crippen molar-refractivity contribution in [3.63, 3.8) is 0 Å². The zero-order chi connectivity index (χ0) is 27.3. The van der Waals surface area contributed by atoms with Crippen LogP contribution in [0.5, 0.6) is 0 Å². The topological polar surface area (TPSA) is 26.0 Å². The average molecular weight is 522 g/mol. The van der Waals surface area contributed by atoms with Crippen LogP contribution in [0.15, 0.2) is 152 Å². The Bertz CT molecular complexity index is 2150. The molecule has 2 N–H and O–H groups in total. The Balaban J connectivity index is 1.59. The standard InChI is InChI=1S/C40H27N/c41-40-35-24-12-10-22-33(35)39(34-23-11-13-25-36(34)40)38-31-20-8-6-18-29(31)37(30-19-7-9-21-32(30)38)28-17-5-4-16-27(28)26-14-2-1-3-15-26/h1-25H,41H2. The lowest BCUT2D eigenvalue weighted by molar-refractivity contribution is 1.61. The van der Waals surface area contributed by atoms with Gasteiger partial charge in [-0.05, 0) is 65.7 Å². The van der Waals surface area contributed by atoms with Crippen LogP contribution in [0.1, 0.15) is 0 Å². The summed E-state index contributed by atoms with van der Waals surface area (Å²) in [6.45, 7) is 0. The van der Waals surface area contributed by atoms with Crippen LogP contribution >= 0.6 is 0 Å². The number of benzene rings is 8. The molecule has 0 atom stereocenters. The fourth-order valence-corrected chi connectivity index (χ4v) is 6.69. The predicted octanol–water partition coefficient (Wildman–Crippen LogP) is 10.9. The van der Waals surface area contributed by atoms with Gasteiger partial charge >= 0.3 is 0 Å². The normalized spacial score (nSPS) is 11.5. The summed E-state index contributed by atoms with van der Waals surface area (Å²) in [6.07, 6.45) is 0. The number of nitrogens with two attached hydrogens (primary N) is 1. The van der Waals surface area contributed by atoms with Crippen molar-refractivity contribution in [3.05, 3.63) is 152 Å².